The zero-order valence-corrected chi connectivity index (χ0v) is 19.6. The van der Waals surface area contributed by atoms with Crippen LogP contribution in [0, 0.1) is 12.7 Å². The van der Waals surface area contributed by atoms with Crippen LogP contribution in [-0.2, 0) is 10.7 Å². The number of aryl methyl sites for hydroxylation is 1. The third-order valence-electron chi connectivity index (χ3n) is 5.63. The fourth-order valence-corrected chi connectivity index (χ4v) is 3.74. The molecule has 9 heteroatoms. The molecule has 1 atom stereocenters. The van der Waals surface area contributed by atoms with E-state index in [0.717, 1.165) is 18.9 Å². The van der Waals surface area contributed by atoms with Gasteiger partial charge in [0.25, 0.3) is 5.92 Å². The van der Waals surface area contributed by atoms with Crippen LogP contribution in [0.4, 0.5) is 19.0 Å². The molecule has 0 amide bonds. The molecule has 1 aliphatic carbocycles. The Labute approximate surface area is 196 Å². The minimum Gasteiger partial charge on any atom is -0.493 e. The minimum atomic E-state index is -3.29. The van der Waals surface area contributed by atoms with Gasteiger partial charge in [-0.3, -0.25) is 0 Å². The van der Waals surface area contributed by atoms with Gasteiger partial charge in [0.1, 0.15) is 24.1 Å². The Morgan fingerprint density at radius 3 is 2.59 bits per heavy atom. The summed E-state index contributed by atoms with van der Waals surface area (Å²) in [7, 11) is 1.54. The number of hydrogen-bond donors (Lipinski definition) is 1. The highest BCUT2D eigenvalue weighted by atomic mass is 19.3. The van der Waals surface area contributed by atoms with Crippen molar-refractivity contribution in [1.82, 2.24) is 9.97 Å². The van der Waals surface area contributed by atoms with Crippen LogP contribution in [-0.4, -0.2) is 36.4 Å². The van der Waals surface area contributed by atoms with E-state index >= 15 is 0 Å². The molecule has 34 heavy (non-hydrogen) atoms. The van der Waals surface area contributed by atoms with E-state index in [1.165, 1.54) is 12.1 Å². The molecular weight excluding hydrogens is 447 g/mol. The largest absolute Gasteiger partial charge is 0.493 e. The SMILES string of the molecule is COc1cc2nc(C)nc(N[C@H](C)c3cccc(C(C)(F)F)c3F)c2cc1OCCOC1CC1. The van der Waals surface area contributed by atoms with Gasteiger partial charge in [-0.25, -0.2) is 23.1 Å². The summed E-state index contributed by atoms with van der Waals surface area (Å²) in [6.45, 7) is 4.93. The first-order valence-electron chi connectivity index (χ1n) is 11.2. The summed E-state index contributed by atoms with van der Waals surface area (Å²) in [4.78, 5) is 8.95. The Balaban J connectivity index is 1.64. The van der Waals surface area contributed by atoms with Crippen molar-refractivity contribution < 1.29 is 27.4 Å². The third kappa shape index (κ3) is 5.35. The minimum absolute atomic E-state index is 0.116. The lowest BCUT2D eigenvalue weighted by atomic mass is 10.0. The number of nitrogens with one attached hydrogen (secondary N) is 1. The molecule has 1 saturated carbocycles. The van der Waals surface area contributed by atoms with Crippen LogP contribution >= 0.6 is 0 Å². The number of fused-ring (bicyclic) bond motifs is 1. The van der Waals surface area contributed by atoms with E-state index in [-0.39, 0.29) is 5.56 Å². The number of hydrogen-bond acceptors (Lipinski definition) is 6. The van der Waals surface area contributed by atoms with Crippen LogP contribution in [0.25, 0.3) is 10.9 Å². The maximum Gasteiger partial charge on any atom is 0.273 e. The zero-order valence-electron chi connectivity index (χ0n) is 19.6. The molecule has 3 aromatic rings. The van der Waals surface area contributed by atoms with Crippen LogP contribution in [0.15, 0.2) is 30.3 Å². The van der Waals surface area contributed by atoms with Crippen molar-refractivity contribution >= 4 is 16.7 Å². The predicted molar refractivity (Wildman–Crippen MR) is 123 cm³/mol. The molecule has 1 aliphatic rings. The lowest BCUT2D eigenvalue weighted by Gasteiger charge is -2.21. The van der Waals surface area contributed by atoms with E-state index in [0.29, 0.717) is 60.3 Å². The van der Waals surface area contributed by atoms with Crippen LogP contribution in [0.1, 0.15) is 49.7 Å². The molecular formula is C25H28F3N3O3. The van der Waals surface area contributed by atoms with E-state index in [9.17, 15) is 13.2 Å². The van der Waals surface area contributed by atoms with Gasteiger partial charge in [-0.05, 0) is 32.8 Å². The highest BCUT2D eigenvalue weighted by Crippen LogP contribution is 2.37. The number of alkyl halides is 2. The molecule has 1 fully saturated rings. The van der Waals surface area contributed by atoms with Gasteiger partial charge < -0.3 is 19.5 Å². The summed E-state index contributed by atoms with van der Waals surface area (Å²) in [5, 5.41) is 3.79. The second kappa shape index (κ2) is 9.66. The topological polar surface area (TPSA) is 65.5 Å². The second-order valence-corrected chi connectivity index (χ2v) is 8.52. The number of ether oxygens (including phenoxy) is 3. The van der Waals surface area contributed by atoms with Crippen molar-refractivity contribution in [3.05, 3.63) is 53.1 Å². The Kier molecular flexibility index (Phi) is 6.84. The van der Waals surface area contributed by atoms with Crippen LogP contribution < -0.4 is 14.8 Å². The van der Waals surface area contributed by atoms with E-state index in [1.807, 2.05) is 0 Å². The van der Waals surface area contributed by atoms with E-state index in [1.54, 1.807) is 33.1 Å². The maximum absolute atomic E-state index is 14.9. The van der Waals surface area contributed by atoms with Crippen LogP contribution in [0.3, 0.4) is 0 Å². The first-order valence-corrected chi connectivity index (χ1v) is 11.2. The fourth-order valence-electron chi connectivity index (χ4n) is 3.74. The summed E-state index contributed by atoms with van der Waals surface area (Å²) in [6, 6.07) is 6.86. The number of methoxy groups -OCH3 is 1. The first-order chi connectivity index (χ1) is 16.2. The standard InChI is InChI=1S/C25H28F3N3O3/c1-14(17-6-5-7-19(23(17)26)25(3,27)28)29-24-18-12-22(34-11-10-33-16-8-9-16)21(32-4)13-20(18)30-15(2)31-24/h5-7,12-14,16H,8-11H2,1-4H3,(H,29,30,31)/t14-/m1/s1. The molecule has 6 nitrogen and oxygen atoms in total. The Hall–Kier alpha value is -3.07. The van der Waals surface area contributed by atoms with Gasteiger partial charge in [0, 0.05) is 23.9 Å². The van der Waals surface area contributed by atoms with E-state index in [2.05, 4.69) is 15.3 Å². The highest BCUT2D eigenvalue weighted by Gasteiger charge is 2.30. The number of anilines is 1. The fraction of sp³-hybridized carbons (Fsp3) is 0.440. The molecule has 0 spiro atoms. The molecule has 0 aliphatic heterocycles. The smallest absolute Gasteiger partial charge is 0.273 e. The molecule has 0 bridgehead atoms. The molecule has 0 radical (unpaired) electrons. The molecule has 2 aromatic carbocycles. The summed E-state index contributed by atoms with van der Waals surface area (Å²) in [5.41, 5.74) is 0.0804. The Morgan fingerprint density at radius 2 is 1.91 bits per heavy atom. The third-order valence-corrected chi connectivity index (χ3v) is 5.63. The Bertz CT molecular complexity index is 1180. The van der Waals surface area contributed by atoms with Gasteiger partial charge in [-0.15, -0.1) is 0 Å². The monoisotopic (exact) mass is 475 g/mol. The number of halogens is 3. The second-order valence-electron chi connectivity index (χ2n) is 8.52. The zero-order chi connectivity index (χ0) is 24.5. The van der Waals surface area contributed by atoms with Gasteiger partial charge in [-0.2, -0.15) is 0 Å². The molecule has 1 heterocycles. The molecule has 1 aromatic heterocycles. The van der Waals surface area contributed by atoms with Crippen molar-refractivity contribution in [3.63, 3.8) is 0 Å². The predicted octanol–water partition coefficient (Wildman–Crippen LogP) is 5.93. The number of nitrogens with zero attached hydrogens (tertiary/aromatic N) is 2. The normalized spacial score (nSPS) is 14.8. The molecule has 0 unspecified atom stereocenters. The van der Waals surface area contributed by atoms with E-state index in [4.69, 9.17) is 14.2 Å². The quantitative estimate of drug-likeness (QED) is 0.367. The average molecular weight is 476 g/mol. The number of benzene rings is 2. The molecule has 1 N–H and O–H groups in total. The van der Waals surface area contributed by atoms with Crippen molar-refractivity contribution in [2.24, 2.45) is 0 Å². The van der Waals surface area contributed by atoms with Crippen LogP contribution in [0.2, 0.25) is 0 Å². The van der Waals surface area contributed by atoms with Crippen molar-refractivity contribution in [3.8, 4) is 11.5 Å². The van der Waals surface area contributed by atoms with Gasteiger partial charge in [0.15, 0.2) is 11.5 Å². The van der Waals surface area contributed by atoms with Crippen molar-refractivity contribution in [2.75, 3.05) is 25.6 Å². The summed E-state index contributed by atoms with van der Waals surface area (Å²) >= 11 is 0. The Morgan fingerprint density at radius 1 is 1.15 bits per heavy atom. The van der Waals surface area contributed by atoms with Crippen molar-refractivity contribution in [2.45, 2.75) is 51.7 Å². The van der Waals surface area contributed by atoms with Gasteiger partial charge in [0.05, 0.1) is 36.9 Å². The van der Waals surface area contributed by atoms with Crippen molar-refractivity contribution in [1.29, 1.82) is 0 Å². The van der Waals surface area contributed by atoms with Gasteiger partial charge in [0.2, 0.25) is 0 Å². The molecule has 4 rings (SSSR count). The lowest BCUT2D eigenvalue weighted by molar-refractivity contribution is 0.0136. The molecule has 0 saturated heterocycles. The molecule has 182 valence electrons. The highest BCUT2D eigenvalue weighted by molar-refractivity contribution is 5.92. The average Bonchev–Trinajstić information content (AvgIpc) is 3.60. The van der Waals surface area contributed by atoms with Gasteiger partial charge >= 0.3 is 0 Å². The van der Waals surface area contributed by atoms with Crippen LogP contribution in [0.5, 0.6) is 11.5 Å². The number of aromatic nitrogens is 2. The summed E-state index contributed by atoms with van der Waals surface area (Å²) in [5.74, 6) is -2.29. The first kappa shape index (κ1) is 24.1. The summed E-state index contributed by atoms with van der Waals surface area (Å²) in [6.07, 6.45) is 2.51. The lowest BCUT2D eigenvalue weighted by Crippen LogP contribution is -2.16. The number of rotatable bonds is 10. The summed E-state index contributed by atoms with van der Waals surface area (Å²) < 4.78 is 59.5. The van der Waals surface area contributed by atoms with Gasteiger partial charge in [-0.1, -0.05) is 18.2 Å². The van der Waals surface area contributed by atoms with E-state index < -0.39 is 23.3 Å². The maximum atomic E-state index is 14.9.